The van der Waals surface area contributed by atoms with Crippen LogP contribution in [-0.4, -0.2) is 34.5 Å². The Hall–Kier alpha value is -2.54. The van der Waals surface area contributed by atoms with Crippen LogP contribution in [0.1, 0.15) is 32.1 Å². The molecule has 0 aliphatic heterocycles. The summed E-state index contributed by atoms with van der Waals surface area (Å²) in [5.41, 5.74) is 0.340. The first-order chi connectivity index (χ1) is 14.0. The number of hydrogen-bond acceptors (Lipinski definition) is 4. The van der Waals surface area contributed by atoms with Gasteiger partial charge in [0.05, 0.1) is 17.7 Å². The number of carbonyl (C=O) groups is 1. The Balaban J connectivity index is 1.84. The Morgan fingerprint density at radius 2 is 1.69 bits per heavy atom. The number of rotatable bonds is 8. The highest BCUT2D eigenvalue weighted by Gasteiger charge is 2.29. The first-order valence-electron chi connectivity index (χ1n) is 10.00. The van der Waals surface area contributed by atoms with Crippen molar-refractivity contribution in [1.82, 2.24) is 5.32 Å². The van der Waals surface area contributed by atoms with Gasteiger partial charge in [-0.3, -0.25) is 9.10 Å². The van der Waals surface area contributed by atoms with Crippen molar-refractivity contribution in [3.05, 3.63) is 54.6 Å². The number of methoxy groups -OCH3 is 1. The number of hydrogen-bond donors (Lipinski definition) is 1. The molecule has 1 fully saturated rings. The van der Waals surface area contributed by atoms with E-state index in [1.165, 1.54) is 38.5 Å². The number of ether oxygens (including phenoxy) is 1. The van der Waals surface area contributed by atoms with E-state index in [1.807, 2.05) is 0 Å². The van der Waals surface area contributed by atoms with Crippen molar-refractivity contribution >= 4 is 21.6 Å². The zero-order chi connectivity index (χ0) is 20.7. The summed E-state index contributed by atoms with van der Waals surface area (Å²) in [7, 11) is -2.45. The van der Waals surface area contributed by atoms with Gasteiger partial charge in [0.25, 0.3) is 10.0 Å². The third-order valence-corrected chi connectivity index (χ3v) is 7.06. The SMILES string of the molecule is COc1ccccc1N(CC(=O)NCC1CCCCC1)S(=O)(=O)c1ccccc1. The Bertz CT molecular complexity index is 909. The third kappa shape index (κ3) is 5.29. The fourth-order valence-electron chi connectivity index (χ4n) is 3.69. The molecule has 2 aromatic carbocycles. The quantitative estimate of drug-likeness (QED) is 0.714. The molecule has 156 valence electrons. The van der Waals surface area contributed by atoms with Gasteiger partial charge in [-0.15, -0.1) is 0 Å². The van der Waals surface area contributed by atoms with Crippen molar-refractivity contribution in [3.8, 4) is 5.75 Å². The molecule has 0 spiro atoms. The van der Waals surface area contributed by atoms with Crippen LogP contribution in [0, 0.1) is 5.92 Å². The van der Waals surface area contributed by atoms with Crippen molar-refractivity contribution in [1.29, 1.82) is 0 Å². The molecular formula is C22H28N2O4S. The van der Waals surface area contributed by atoms with Crippen LogP contribution in [0.5, 0.6) is 5.75 Å². The zero-order valence-electron chi connectivity index (χ0n) is 16.7. The van der Waals surface area contributed by atoms with E-state index in [0.29, 0.717) is 23.9 Å². The number of nitrogens with one attached hydrogen (secondary N) is 1. The van der Waals surface area contributed by atoms with E-state index in [0.717, 1.165) is 17.1 Å². The van der Waals surface area contributed by atoms with Gasteiger partial charge in [-0.05, 0) is 43.0 Å². The predicted molar refractivity (Wildman–Crippen MR) is 114 cm³/mol. The number of nitrogens with zero attached hydrogens (tertiary/aromatic N) is 1. The lowest BCUT2D eigenvalue weighted by Crippen LogP contribution is -2.42. The van der Waals surface area contributed by atoms with Crippen molar-refractivity contribution in [2.24, 2.45) is 5.92 Å². The van der Waals surface area contributed by atoms with Gasteiger partial charge in [-0.1, -0.05) is 49.6 Å². The van der Waals surface area contributed by atoms with Crippen LogP contribution in [-0.2, 0) is 14.8 Å². The van der Waals surface area contributed by atoms with E-state index >= 15 is 0 Å². The fourth-order valence-corrected chi connectivity index (χ4v) is 5.14. The van der Waals surface area contributed by atoms with Crippen LogP contribution in [0.15, 0.2) is 59.5 Å². The van der Waals surface area contributed by atoms with E-state index < -0.39 is 10.0 Å². The molecule has 0 atom stereocenters. The maximum absolute atomic E-state index is 13.3. The number of sulfonamides is 1. The molecule has 1 saturated carbocycles. The standard InChI is InChI=1S/C22H28N2O4S/c1-28-21-15-9-8-14-20(21)24(29(26,27)19-12-6-3-7-13-19)17-22(25)23-16-18-10-4-2-5-11-18/h3,6-9,12-15,18H,2,4-5,10-11,16-17H2,1H3,(H,23,25). The van der Waals surface area contributed by atoms with Crippen LogP contribution in [0.4, 0.5) is 5.69 Å². The summed E-state index contributed by atoms with van der Waals surface area (Å²) in [4.78, 5) is 12.8. The first-order valence-corrected chi connectivity index (χ1v) is 11.4. The minimum absolute atomic E-state index is 0.131. The van der Waals surface area contributed by atoms with Crippen molar-refractivity contribution in [2.75, 3.05) is 24.5 Å². The van der Waals surface area contributed by atoms with Crippen LogP contribution in [0.25, 0.3) is 0 Å². The zero-order valence-corrected chi connectivity index (χ0v) is 17.5. The summed E-state index contributed by atoms with van der Waals surface area (Å²) >= 11 is 0. The van der Waals surface area contributed by atoms with Crippen molar-refractivity contribution < 1.29 is 17.9 Å². The van der Waals surface area contributed by atoms with Gasteiger partial charge < -0.3 is 10.1 Å². The summed E-state index contributed by atoms with van der Waals surface area (Å²) in [5, 5.41) is 2.93. The summed E-state index contributed by atoms with van der Waals surface area (Å²) < 4.78 is 33.1. The Morgan fingerprint density at radius 3 is 2.38 bits per heavy atom. The molecule has 0 radical (unpaired) electrons. The van der Waals surface area contributed by atoms with Gasteiger partial charge in [0.15, 0.2) is 0 Å². The molecule has 0 saturated heterocycles. The molecule has 1 N–H and O–H groups in total. The Morgan fingerprint density at radius 1 is 1.03 bits per heavy atom. The molecule has 0 bridgehead atoms. The first kappa shape index (κ1) is 21.2. The Labute approximate surface area is 172 Å². The lowest BCUT2D eigenvalue weighted by molar-refractivity contribution is -0.119. The molecule has 29 heavy (non-hydrogen) atoms. The largest absolute Gasteiger partial charge is 0.495 e. The second kappa shape index (κ2) is 9.78. The van der Waals surface area contributed by atoms with E-state index in [9.17, 15) is 13.2 Å². The molecule has 1 amide bonds. The molecule has 1 aliphatic carbocycles. The maximum atomic E-state index is 13.3. The maximum Gasteiger partial charge on any atom is 0.264 e. The summed E-state index contributed by atoms with van der Waals surface area (Å²) in [5.74, 6) is 0.547. The molecule has 7 heteroatoms. The fraction of sp³-hybridized carbons (Fsp3) is 0.409. The lowest BCUT2D eigenvalue weighted by Gasteiger charge is -2.26. The molecule has 2 aromatic rings. The summed E-state index contributed by atoms with van der Waals surface area (Å²) in [6, 6.07) is 15.0. The monoisotopic (exact) mass is 416 g/mol. The van der Waals surface area contributed by atoms with Gasteiger partial charge in [0.1, 0.15) is 12.3 Å². The van der Waals surface area contributed by atoms with Gasteiger partial charge in [-0.25, -0.2) is 8.42 Å². The summed E-state index contributed by atoms with van der Waals surface area (Å²) in [6.45, 7) is 0.286. The van der Waals surface area contributed by atoms with Crippen molar-refractivity contribution in [3.63, 3.8) is 0 Å². The third-order valence-electron chi connectivity index (χ3n) is 5.28. The van der Waals surface area contributed by atoms with E-state index in [2.05, 4.69) is 5.32 Å². The number of amides is 1. The molecule has 3 rings (SSSR count). The van der Waals surface area contributed by atoms with E-state index in [-0.39, 0.29) is 17.3 Å². The second-order valence-corrected chi connectivity index (χ2v) is 9.17. The molecule has 0 heterocycles. The molecule has 1 aliphatic rings. The lowest BCUT2D eigenvalue weighted by atomic mass is 9.89. The average Bonchev–Trinajstić information content (AvgIpc) is 2.77. The highest BCUT2D eigenvalue weighted by molar-refractivity contribution is 7.92. The number of anilines is 1. The second-order valence-electron chi connectivity index (χ2n) is 7.30. The number of carbonyl (C=O) groups excluding carboxylic acids is 1. The average molecular weight is 417 g/mol. The van der Waals surface area contributed by atoms with Gasteiger partial charge in [0.2, 0.25) is 5.91 Å². The van der Waals surface area contributed by atoms with E-state index in [1.54, 1.807) is 42.5 Å². The molecular weight excluding hydrogens is 388 g/mol. The molecule has 0 unspecified atom stereocenters. The Kier molecular flexibility index (Phi) is 7.14. The number of para-hydroxylation sites is 2. The van der Waals surface area contributed by atoms with Crippen LogP contribution < -0.4 is 14.4 Å². The van der Waals surface area contributed by atoms with Crippen LogP contribution >= 0.6 is 0 Å². The molecule has 6 nitrogen and oxygen atoms in total. The normalized spacial score (nSPS) is 14.9. The topological polar surface area (TPSA) is 75.7 Å². The minimum atomic E-state index is -3.93. The predicted octanol–water partition coefficient (Wildman–Crippen LogP) is 3.59. The van der Waals surface area contributed by atoms with Gasteiger partial charge in [-0.2, -0.15) is 0 Å². The highest BCUT2D eigenvalue weighted by Crippen LogP contribution is 2.32. The van der Waals surface area contributed by atoms with Crippen LogP contribution in [0.2, 0.25) is 0 Å². The van der Waals surface area contributed by atoms with Gasteiger partial charge >= 0.3 is 0 Å². The van der Waals surface area contributed by atoms with E-state index in [4.69, 9.17) is 4.74 Å². The summed E-state index contributed by atoms with van der Waals surface area (Å²) in [6.07, 6.45) is 5.85. The minimum Gasteiger partial charge on any atom is -0.495 e. The highest BCUT2D eigenvalue weighted by atomic mass is 32.2. The van der Waals surface area contributed by atoms with Crippen molar-refractivity contribution in [2.45, 2.75) is 37.0 Å². The van der Waals surface area contributed by atoms with Crippen LogP contribution in [0.3, 0.4) is 0 Å². The smallest absolute Gasteiger partial charge is 0.264 e. The number of benzene rings is 2. The molecule has 0 aromatic heterocycles. The van der Waals surface area contributed by atoms with Gasteiger partial charge in [0, 0.05) is 6.54 Å².